The molecule has 0 aliphatic heterocycles. The minimum absolute atomic E-state index is 0.0412. The van der Waals surface area contributed by atoms with Gasteiger partial charge in [0.15, 0.2) is 10.9 Å². The number of nitrogens with one attached hydrogen (secondary N) is 1. The van der Waals surface area contributed by atoms with Crippen LogP contribution in [0.2, 0.25) is 5.02 Å². The zero-order chi connectivity index (χ0) is 15.7. The van der Waals surface area contributed by atoms with Crippen molar-refractivity contribution in [2.75, 3.05) is 5.32 Å². The molecule has 7 heteroatoms. The smallest absolute Gasteiger partial charge is 0.230 e. The number of thiazole rings is 1. The summed E-state index contributed by atoms with van der Waals surface area (Å²) in [6, 6.07) is 8.94. The molecule has 3 aromatic rings. The van der Waals surface area contributed by atoms with E-state index in [1.165, 1.54) is 6.07 Å². The molecule has 0 radical (unpaired) electrons. The van der Waals surface area contributed by atoms with E-state index in [1.807, 2.05) is 0 Å². The number of benzene rings is 2. The Kier molecular flexibility index (Phi) is 4.04. The van der Waals surface area contributed by atoms with E-state index in [2.05, 4.69) is 10.3 Å². The summed E-state index contributed by atoms with van der Waals surface area (Å²) in [5.74, 6) is -1.76. The van der Waals surface area contributed by atoms with E-state index < -0.39 is 11.6 Å². The normalized spacial score (nSPS) is 10.9. The highest BCUT2D eigenvalue weighted by atomic mass is 35.5. The van der Waals surface area contributed by atoms with Gasteiger partial charge in [0.1, 0.15) is 11.3 Å². The molecule has 0 fully saturated rings. The lowest BCUT2D eigenvalue weighted by Crippen LogP contribution is -2.14. The number of anilines is 1. The number of hydrogen-bond acceptors (Lipinski definition) is 3. The first kappa shape index (κ1) is 14.9. The van der Waals surface area contributed by atoms with Crippen LogP contribution in [-0.4, -0.2) is 10.9 Å². The van der Waals surface area contributed by atoms with Gasteiger partial charge in [0.2, 0.25) is 5.91 Å². The van der Waals surface area contributed by atoms with Crippen LogP contribution in [0.4, 0.5) is 13.9 Å². The molecule has 0 unspecified atom stereocenters. The summed E-state index contributed by atoms with van der Waals surface area (Å²) < 4.78 is 27.0. The first-order chi connectivity index (χ1) is 10.5. The van der Waals surface area contributed by atoms with Crippen LogP contribution in [0.1, 0.15) is 5.56 Å². The molecule has 2 aromatic carbocycles. The van der Waals surface area contributed by atoms with Crippen molar-refractivity contribution < 1.29 is 13.6 Å². The molecule has 0 saturated carbocycles. The highest BCUT2D eigenvalue weighted by molar-refractivity contribution is 7.22. The van der Waals surface area contributed by atoms with Crippen molar-refractivity contribution in [3.63, 3.8) is 0 Å². The standard InChI is InChI=1S/C15H9ClF2N2OS/c16-10-4-2-1-3-8(10)5-13(21)19-15-20-14-11(18)6-9(17)7-12(14)22-15/h1-4,6-7H,5H2,(H,19,20,21). The molecule has 112 valence electrons. The molecule has 1 amide bonds. The fourth-order valence-corrected chi connectivity index (χ4v) is 3.11. The van der Waals surface area contributed by atoms with E-state index in [0.717, 1.165) is 17.4 Å². The van der Waals surface area contributed by atoms with Crippen LogP contribution in [0, 0.1) is 11.6 Å². The molecule has 0 aliphatic rings. The van der Waals surface area contributed by atoms with Crippen molar-refractivity contribution >= 4 is 44.2 Å². The highest BCUT2D eigenvalue weighted by Gasteiger charge is 2.13. The Balaban J connectivity index is 1.80. The van der Waals surface area contributed by atoms with Gasteiger partial charge in [0.05, 0.1) is 11.1 Å². The molecule has 0 spiro atoms. The van der Waals surface area contributed by atoms with Gasteiger partial charge < -0.3 is 5.32 Å². The largest absolute Gasteiger partial charge is 0.302 e. The maximum Gasteiger partial charge on any atom is 0.230 e. The van der Waals surface area contributed by atoms with E-state index in [1.54, 1.807) is 24.3 Å². The number of hydrogen-bond donors (Lipinski definition) is 1. The second kappa shape index (κ2) is 5.98. The summed E-state index contributed by atoms with van der Waals surface area (Å²) in [4.78, 5) is 16.0. The second-order valence-electron chi connectivity index (χ2n) is 4.57. The Morgan fingerprint density at radius 1 is 1.27 bits per heavy atom. The van der Waals surface area contributed by atoms with Crippen LogP contribution in [0.5, 0.6) is 0 Å². The van der Waals surface area contributed by atoms with E-state index in [9.17, 15) is 13.6 Å². The van der Waals surface area contributed by atoms with Crippen LogP contribution in [0.25, 0.3) is 10.2 Å². The Labute approximate surface area is 133 Å². The Bertz CT molecular complexity index is 866. The molecule has 0 atom stereocenters. The monoisotopic (exact) mass is 338 g/mol. The molecule has 3 nitrogen and oxygen atoms in total. The Morgan fingerprint density at radius 3 is 2.82 bits per heavy atom. The lowest BCUT2D eigenvalue weighted by Gasteiger charge is -2.03. The van der Waals surface area contributed by atoms with Crippen molar-refractivity contribution in [1.82, 2.24) is 4.98 Å². The van der Waals surface area contributed by atoms with Crippen molar-refractivity contribution in [2.24, 2.45) is 0 Å². The SMILES string of the molecule is O=C(Cc1ccccc1Cl)Nc1nc2c(F)cc(F)cc2s1. The van der Waals surface area contributed by atoms with Gasteiger partial charge in [-0.15, -0.1) is 0 Å². The number of carbonyl (C=O) groups excluding carboxylic acids is 1. The number of fused-ring (bicyclic) bond motifs is 1. The van der Waals surface area contributed by atoms with Crippen molar-refractivity contribution in [1.29, 1.82) is 0 Å². The average Bonchev–Trinajstić information content (AvgIpc) is 2.84. The van der Waals surface area contributed by atoms with Gasteiger partial charge in [-0.3, -0.25) is 4.79 Å². The summed E-state index contributed by atoms with van der Waals surface area (Å²) in [5, 5.41) is 3.29. The number of nitrogens with zero attached hydrogens (tertiary/aromatic N) is 1. The zero-order valence-corrected chi connectivity index (χ0v) is 12.6. The van der Waals surface area contributed by atoms with Crippen molar-refractivity contribution in [2.45, 2.75) is 6.42 Å². The quantitative estimate of drug-likeness (QED) is 0.768. The fourth-order valence-electron chi connectivity index (χ4n) is 1.99. The van der Waals surface area contributed by atoms with Crippen LogP contribution in [0.15, 0.2) is 36.4 Å². The van der Waals surface area contributed by atoms with Crippen LogP contribution < -0.4 is 5.32 Å². The summed E-state index contributed by atoms with van der Waals surface area (Å²) in [7, 11) is 0. The summed E-state index contributed by atoms with van der Waals surface area (Å²) in [6.07, 6.45) is 0.0758. The van der Waals surface area contributed by atoms with Gasteiger partial charge in [-0.25, -0.2) is 13.8 Å². The molecule has 0 saturated heterocycles. The lowest BCUT2D eigenvalue weighted by atomic mass is 10.1. The highest BCUT2D eigenvalue weighted by Crippen LogP contribution is 2.28. The van der Waals surface area contributed by atoms with Gasteiger partial charge >= 0.3 is 0 Å². The Hall–Kier alpha value is -2.05. The third-order valence-corrected chi connectivity index (χ3v) is 4.25. The third kappa shape index (κ3) is 3.08. The maximum atomic E-state index is 13.6. The van der Waals surface area contributed by atoms with Gasteiger partial charge in [-0.05, 0) is 17.7 Å². The van der Waals surface area contributed by atoms with Gasteiger partial charge in [0, 0.05) is 11.1 Å². The number of aromatic nitrogens is 1. The number of amides is 1. The van der Waals surface area contributed by atoms with Crippen molar-refractivity contribution in [3.05, 3.63) is 58.6 Å². The van der Waals surface area contributed by atoms with Crippen LogP contribution in [0.3, 0.4) is 0 Å². The molecule has 3 rings (SSSR count). The number of halogens is 3. The second-order valence-corrected chi connectivity index (χ2v) is 6.01. The molecular formula is C15H9ClF2N2OS. The molecule has 0 aliphatic carbocycles. The molecular weight excluding hydrogens is 330 g/mol. The third-order valence-electron chi connectivity index (χ3n) is 2.97. The summed E-state index contributed by atoms with van der Waals surface area (Å²) in [6.45, 7) is 0. The predicted octanol–water partition coefficient (Wildman–Crippen LogP) is 4.41. The van der Waals surface area contributed by atoms with E-state index in [-0.39, 0.29) is 23.0 Å². The zero-order valence-electron chi connectivity index (χ0n) is 11.1. The van der Waals surface area contributed by atoms with E-state index in [0.29, 0.717) is 15.3 Å². The Morgan fingerprint density at radius 2 is 2.05 bits per heavy atom. The first-order valence-electron chi connectivity index (χ1n) is 6.32. The maximum absolute atomic E-state index is 13.6. The number of rotatable bonds is 3. The summed E-state index contributed by atoms with van der Waals surface area (Å²) in [5.41, 5.74) is 0.722. The molecule has 1 aromatic heterocycles. The minimum atomic E-state index is -0.752. The van der Waals surface area contributed by atoms with Crippen molar-refractivity contribution in [3.8, 4) is 0 Å². The lowest BCUT2D eigenvalue weighted by molar-refractivity contribution is -0.115. The van der Waals surface area contributed by atoms with Gasteiger partial charge in [-0.1, -0.05) is 41.1 Å². The van der Waals surface area contributed by atoms with Gasteiger partial charge in [-0.2, -0.15) is 0 Å². The summed E-state index contributed by atoms with van der Waals surface area (Å²) >= 11 is 7.00. The molecule has 0 bridgehead atoms. The minimum Gasteiger partial charge on any atom is -0.302 e. The number of carbonyl (C=O) groups is 1. The van der Waals surface area contributed by atoms with Crippen LogP contribution in [-0.2, 0) is 11.2 Å². The topological polar surface area (TPSA) is 42.0 Å². The fraction of sp³-hybridized carbons (Fsp3) is 0.0667. The van der Waals surface area contributed by atoms with Crippen LogP contribution >= 0.6 is 22.9 Å². The molecule has 22 heavy (non-hydrogen) atoms. The first-order valence-corrected chi connectivity index (χ1v) is 7.51. The van der Waals surface area contributed by atoms with E-state index >= 15 is 0 Å². The molecule has 1 N–H and O–H groups in total. The average molecular weight is 339 g/mol. The molecule has 1 heterocycles. The van der Waals surface area contributed by atoms with E-state index in [4.69, 9.17) is 11.6 Å². The predicted molar refractivity (Wildman–Crippen MR) is 83.3 cm³/mol. The van der Waals surface area contributed by atoms with Gasteiger partial charge in [0.25, 0.3) is 0 Å².